The minimum Gasteiger partial charge on any atom is -0.392 e. The summed E-state index contributed by atoms with van der Waals surface area (Å²) in [6.07, 6.45) is 0.0415. The fourth-order valence-corrected chi connectivity index (χ4v) is 2.21. The van der Waals surface area contributed by atoms with Gasteiger partial charge >= 0.3 is 0 Å². The summed E-state index contributed by atoms with van der Waals surface area (Å²) in [6.45, 7) is 0.466. The van der Waals surface area contributed by atoms with Crippen LogP contribution >= 0.6 is 0 Å². The predicted octanol–water partition coefficient (Wildman–Crippen LogP) is 1.04. The molecule has 3 rings (SSSR count). The maximum Gasteiger partial charge on any atom is 0.280 e. The van der Waals surface area contributed by atoms with E-state index in [0.717, 1.165) is 0 Å². The molecule has 8 nitrogen and oxygen atoms in total. The molecule has 1 fully saturated rings. The molecule has 0 saturated carbocycles. The molecule has 1 aliphatic heterocycles. The van der Waals surface area contributed by atoms with Crippen molar-refractivity contribution in [3.63, 3.8) is 0 Å². The second-order valence-electron chi connectivity index (χ2n) is 4.58. The molecule has 1 aromatic heterocycles. The Kier molecular flexibility index (Phi) is 3.17. The Hall–Kier alpha value is -2.32. The number of benzene rings is 1. The summed E-state index contributed by atoms with van der Waals surface area (Å²) in [4.78, 5) is 14.7. The van der Waals surface area contributed by atoms with Crippen LogP contribution < -0.4 is 5.32 Å². The number of hydrogen-bond donors (Lipinski definition) is 2. The van der Waals surface area contributed by atoms with E-state index in [4.69, 9.17) is 4.52 Å². The van der Waals surface area contributed by atoms with Crippen LogP contribution in [0, 0.1) is 10.1 Å². The zero-order valence-corrected chi connectivity index (χ0v) is 10.4. The zero-order valence-electron chi connectivity index (χ0n) is 10.4. The number of nitrogens with zero attached hydrogens (tertiary/aromatic N) is 3. The lowest BCUT2D eigenvalue weighted by Gasteiger charge is -2.01. The first-order valence-electron chi connectivity index (χ1n) is 6.14. The van der Waals surface area contributed by atoms with Crippen molar-refractivity contribution in [2.24, 2.45) is 0 Å². The van der Waals surface area contributed by atoms with Crippen molar-refractivity contribution in [1.29, 1.82) is 0 Å². The SMILES string of the molecule is O=[N+]([O-])c1ccccc1-c1noc([C@H]2C[C@@H](O)CN2)n1. The number of nitrogens with one attached hydrogen (secondary N) is 1. The Morgan fingerprint density at radius 3 is 2.95 bits per heavy atom. The molecule has 0 bridgehead atoms. The van der Waals surface area contributed by atoms with Crippen molar-refractivity contribution in [2.45, 2.75) is 18.6 Å². The van der Waals surface area contributed by atoms with Crippen LogP contribution in [-0.2, 0) is 0 Å². The number of aliphatic hydroxyl groups excluding tert-OH is 1. The third-order valence-electron chi connectivity index (χ3n) is 3.19. The largest absolute Gasteiger partial charge is 0.392 e. The highest BCUT2D eigenvalue weighted by molar-refractivity contribution is 5.67. The van der Waals surface area contributed by atoms with E-state index in [1.807, 2.05) is 0 Å². The first-order valence-corrected chi connectivity index (χ1v) is 6.14. The number of rotatable bonds is 3. The van der Waals surface area contributed by atoms with Gasteiger partial charge in [-0.05, 0) is 12.5 Å². The van der Waals surface area contributed by atoms with Crippen LogP contribution in [0.3, 0.4) is 0 Å². The predicted molar refractivity (Wildman–Crippen MR) is 67.8 cm³/mol. The highest BCUT2D eigenvalue weighted by atomic mass is 16.6. The van der Waals surface area contributed by atoms with Crippen molar-refractivity contribution >= 4 is 5.69 Å². The van der Waals surface area contributed by atoms with Crippen molar-refractivity contribution in [3.05, 3.63) is 40.3 Å². The zero-order chi connectivity index (χ0) is 14.1. The Balaban J connectivity index is 1.92. The highest BCUT2D eigenvalue weighted by Crippen LogP contribution is 2.29. The van der Waals surface area contributed by atoms with Crippen molar-refractivity contribution in [2.75, 3.05) is 6.54 Å². The molecule has 0 amide bonds. The fraction of sp³-hybridized carbons (Fsp3) is 0.333. The van der Waals surface area contributed by atoms with E-state index in [1.165, 1.54) is 6.07 Å². The Labute approximate surface area is 113 Å². The molecule has 2 heterocycles. The van der Waals surface area contributed by atoms with Gasteiger partial charge in [-0.3, -0.25) is 10.1 Å². The summed E-state index contributed by atoms with van der Waals surface area (Å²) in [5.74, 6) is 0.505. The van der Waals surface area contributed by atoms with Crippen LogP contribution in [0.2, 0.25) is 0 Å². The van der Waals surface area contributed by atoms with Gasteiger partial charge in [-0.2, -0.15) is 4.98 Å². The van der Waals surface area contributed by atoms with Gasteiger partial charge in [0, 0.05) is 12.6 Å². The van der Waals surface area contributed by atoms with Gasteiger partial charge < -0.3 is 14.9 Å². The van der Waals surface area contributed by atoms with Gasteiger partial charge in [0.15, 0.2) is 0 Å². The molecule has 0 aliphatic carbocycles. The fourth-order valence-electron chi connectivity index (χ4n) is 2.21. The van der Waals surface area contributed by atoms with E-state index < -0.39 is 11.0 Å². The Morgan fingerprint density at radius 2 is 2.25 bits per heavy atom. The van der Waals surface area contributed by atoms with E-state index in [1.54, 1.807) is 18.2 Å². The number of para-hydroxylation sites is 1. The molecule has 2 atom stereocenters. The number of aromatic nitrogens is 2. The monoisotopic (exact) mass is 276 g/mol. The molecule has 8 heteroatoms. The maximum atomic E-state index is 11.0. The summed E-state index contributed by atoms with van der Waals surface area (Å²) < 4.78 is 5.13. The van der Waals surface area contributed by atoms with Crippen LogP contribution in [0.5, 0.6) is 0 Å². The number of aliphatic hydroxyl groups is 1. The van der Waals surface area contributed by atoms with Gasteiger partial charge in [-0.25, -0.2) is 0 Å². The lowest BCUT2D eigenvalue weighted by Crippen LogP contribution is -2.15. The number of β-amino-alcohol motifs (C(OH)–C–C–N with tert-alkyl or cyclic N) is 1. The summed E-state index contributed by atoms with van der Waals surface area (Å²) in [7, 11) is 0. The normalized spacial score (nSPS) is 22.1. The minimum absolute atomic E-state index is 0.0701. The third-order valence-corrected chi connectivity index (χ3v) is 3.19. The smallest absolute Gasteiger partial charge is 0.280 e. The van der Waals surface area contributed by atoms with E-state index in [0.29, 0.717) is 24.4 Å². The number of nitro groups is 1. The first kappa shape index (κ1) is 12.7. The second-order valence-corrected chi connectivity index (χ2v) is 4.58. The molecule has 0 spiro atoms. The van der Waals surface area contributed by atoms with Gasteiger partial charge in [0.2, 0.25) is 11.7 Å². The molecule has 2 N–H and O–H groups in total. The Morgan fingerprint density at radius 1 is 1.45 bits per heavy atom. The molecule has 1 aromatic carbocycles. The minimum atomic E-state index is -0.483. The van der Waals surface area contributed by atoms with E-state index in [-0.39, 0.29) is 17.6 Å². The van der Waals surface area contributed by atoms with Crippen LogP contribution in [0.4, 0.5) is 5.69 Å². The molecule has 0 radical (unpaired) electrons. The topological polar surface area (TPSA) is 114 Å². The van der Waals surface area contributed by atoms with Crippen LogP contribution in [0.15, 0.2) is 28.8 Å². The van der Waals surface area contributed by atoms with Crippen molar-refractivity contribution in [1.82, 2.24) is 15.5 Å². The molecule has 20 heavy (non-hydrogen) atoms. The summed E-state index contributed by atoms with van der Waals surface area (Å²) >= 11 is 0. The molecule has 104 valence electrons. The lowest BCUT2D eigenvalue weighted by atomic mass is 10.1. The average molecular weight is 276 g/mol. The van der Waals surface area contributed by atoms with Gasteiger partial charge in [0.1, 0.15) is 5.56 Å². The third kappa shape index (κ3) is 2.26. The second kappa shape index (κ2) is 4.99. The summed E-state index contributed by atoms with van der Waals surface area (Å²) in [5.41, 5.74) is 0.241. The number of hydrogen-bond acceptors (Lipinski definition) is 7. The highest BCUT2D eigenvalue weighted by Gasteiger charge is 2.29. The molecule has 2 aromatic rings. The standard InChI is InChI=1S/C12H12N4O4/c17-7-5-9(13-6-7)12-14-11(15-20-12)8-3-1-2-4-10(8)16(18)19/h1-4,7,9,13,17H,5-6H2/t7-,9-/m1/s1. The van der Waals surface area contributed by atoms with Crippen molar-refractivity contribution < 1.29 is 14.6 Å². The average Bonchev–Trinajstić information content (AvgIpc) is 3.07. The van der Waals surface area contributed by atoms with Crippen molar-refractivity contribution in [3.8, 4) is 11.4 Å². The van der Waals surface area contributed by atoms with Crippen LogP contribution in [0.25, 0.3) is 11.4 Å². The first-order chi connectivity index (χ1) is 9.65. The van der Waals surface area contributed by atoms with Crippen LogP contribution in [0.1, 0.15) is 18.4 Å². The molecule has 1 saturated heterocycles. The molecule has 0 unspecified atom stereocenters. The maximum absolute atomic E-state index is 11.0. The van der Waals surface area contributed by atoms with E-state index >= 15 is 0 Å². The Bertz CT molecular complexity index is 642. The summed E-state index contributed by atoms with van der Waals surface area (Å²) in [5, 5.41) is 27.3. The number of nitro benzene ring substituents is 1. The van der Waals surface area contributed by atoms with Gasteiger partial charge in [0.05, 0.1) is 17.1 Å². The molecule has 1 aliphatic rings. The van der Waals surface area contributed by atoms with Gasteiger partial charge in [0.25, 0.3) is 5.69 Å². The van der Waals surface area contributed by atoms with E-state index in [2.05, 4.69) is 15.5 Å². The van der Waals surface area contributed by atoms with E-state index in [9.17, 15) is 15.2 Å². The quantitative estimate of drug-likeness (QED) is 0.635. The molecular weight excluding hydrogens is 264 g/mol. The van der Waals surface area contributed by atoms with Gasteiger partial charge in [-0.15, -0.1) is 0 Å². The lowest BCUT2D eigenvalue weighted by molar-refractivity contribution is -0.384. The summed E-state index contributed by atoms with van der Waals surface area (Å²) in [6, 6.07) is 6.01. The van der Waals surface area contributed by atoms with Crippen LogP contribution in [-0.4, -0.2) is 32.8 Å². The molecular formula is C12H12N4O4. The van der Waals surface area contributed by atoms with Gasteiger partial charge in [-0.1, -0.05) is 17.3 Å².